The van der Waals surface area contributed by atoms with Crippen LogP contribution in [0.1, 0.15) is 53.9 Å². The van der Waals surface area contributed by atoms with Crippen LogP contribution in [0.3, 0.4) is 0 Å². The summed E-state index contributed by atoms with van der Waals surface area (Å²) in [7, 11) is 1.79. The number of carbonyl (C=O) groups excluding carboxylic acids is 1. The first-order valence-electron chi connectivity index (χ1n) is 7.95. The number of ether oxygens (including phenoxy) is 2. The molecule has 3 heteroatoms. The molecule has 21 heavy (non-hydrogen) atoms. The van der Waals surface area contributed by atoms with Crippen LogP contribution in [-0.4, -0.2) is 25.8 Å². The average Bonchev–Trinajstić information content (AvgIpc) is 2.39. The molecule has 0 fully saturated rings. The summed E-state index contributed by atoms with van der Waals surface area (Å²) in [6, 6.07) is 0. The van der Waals surface area contributed by atoms with E-state index in [4.69, 9.17) is 9.47 Å². The third-order valence-corrected chi connectivity index (χ3v) is 3.54. The topological polar surface area (TPSA) is 35.5 Å². The molecule has 0 heterocycles. The minimum Gasteiger partial charge on any atom is -0.463 e. The van der Waals surface area contributed by atoms with Crippen molar-refractivity contribution in [3.05, 3.63) is 23.8 Å². The van der Waals surface area contributed by atoms with Crippen molar-refractivity contribution in [2.24, 2.45) is 11.8 Å². The van der Waals surface area contributed by atoms with Gasteiger partial charge in [0.05, 0.1) is 12.7 Å². The van der Waals surface area contributed by atoms with E-state index in [1.165, 1.54) is 6.08 Å². The zero-order valence-corrected chi connectivity index (χ0v) is 14.5. The second-order valence-corrected chi connectivity index (χ2v) is 5.98. The molecular weight excluding hydrogens is 264 g/mol. The summed E-state index contributed by atoms with van der Waals surface area (Å²) in [4.78, 5) is 11.3. The first kappa shape index (κ1) is 19.9. The third-order valence-electron chi connectivity index (χ3n) is 3.54. The summed E-state index contributed by atoms with van der Waals surface area (Å²) in [5.74, 6) is 0.910. The molecule has 0 saturated carbocycles. The highest BCUT2D eigenvalue weighted by atomic mass is 16.5. The van der Waals surface area contributed by atoms with Crippen molar-refractivity contribution >= 4 is 5.97 Å². The lowest BCUT2D eigenvalue weighted by Gasteiger charge is -2.20. The fourth-order valence-electron chi connectivity index (χ4n) is 2.19. The van der Waals surface area contributed by atoms with Crippen LogP contribution in [0.25, 0.3) is 0 Å². The molecule has 0 rings (SSSR count). The molecule has 0 aliphatic carbocycles. The van der Waals surface area contributed by atoms with E-state index in [9.17, 15) is 4.79 Å². The summed E-state index contributed by atoms with van der Waals surface area (Å²) in [6.45, 7) is 10.8. The van der Waals surface area contributed by atoms with E-state index in [0.717, 1.165) is 24.8 Å². The molecular formula is C18H32O3. The van der Waals surface area contributed by atoms with E-state index in [0.29, 0.717) is 24.5 Å². The van der Waals surface area contributed by atoms with Gasteiger partial charge in [-0.15, -0.1) is 0 Å². The van der Waals surface area contributed by atoms with Crippen LogP contribution < -0.4 is 0 Å². The number of methoxy groups -OCH3 is 1. The second kappa shape index (κ2) is 11.6. The normalized spacial score (nSPS) is 15.5. The molecule has 0 spiro atoms. The molecule has 0 aromatic rings. The molecule has 0 radical (unpaired) electrons. The van der Waals surface area contributed by atoms with Gasteiger partial charge in [0.15, 0.2) is 0 Å². The number of allylic oxidation sites excluding steroid dienone is 3. The predicted octanol–water partition coefficient (Wildman–Crippen LogP) is 4.53. The molecule has 0 N–H and O–H groups in total. The quantitative estimate of drug-likeness (QED) is 0.337. The molecule has 122 valence electrons. The van der Waals surface area contributed by atoms with Crippen LogP contribution in [0.2, 0.25) is 0 Å². The highest BCUT2D eigenvalue weighted by Gasteiger charge is 2.13. The van der Waals surface area contributed by atoms with Crippen LogP contribution in [0, 0.1) is 11.8 Å². The van der Waals surface area contributed by atoms with Crippen LogP contribution in [0.4, 0.5) is 0 Å². The Morgan fingerprint density at radius 3 is 2.38 bits per heavy atom. The lowest BCUT2D eigenvalue weighted by atomic mass is 9.95. The predicted molar refractivity (Wildman–Crippen MR) is 88.2 cm³/mol. The molecule has 0 amide bonds. The smallest absolute Gasteiger partial charge is 0.330 e. The summed E-state index contributed by atoms with van der Waals surface area (Å²) < 4.78 is 10.4. The fraction of sp³-hybridized carbons (Fsp3) is 0.722. The Kier molecular flexibility index (Phi) is 11.0. The lowest BCUT2D eigenvalue weighted by molar-refractivity contribution is -0.137. The maximum atomic E-state index is 11.3. The van der Waals surface area contributed by atoms with E-state index in [-0.39, 0.29) is 5.97 Å². The van der Waals surface area contributed by atoms with Crippen LogP contribution >= 0.6 is 0 Å². The van der Waals surface area contributed by atoms with E-state index in [1.807, 2.05) is 19.9 Å². The molecule has 3 nitrogen and oxygen atoms in total. The van der Waals surface area contributed by atoms with Crippen molar-refractivity contribution in [3.63, 3.8) is 0 Å². The zero-order valence-electron chi connectivity index (χ0n) is 14.5. The minimum atomic E-state index is -0.271. The van der Waals surface area contributed by atoms with Gasteiger partial charge < -0.3 is 9.47 Å². The number of carbonyl (C=O) groups is 1. The standard InChI is InChI=1S/C18H32O3/c1-7-21-18(19)13-16(5)10-8-9-15(4)11-12-17(20-6)14(2)3/h8,10,13-15,17H,7,9,11-12H2,1-6H3. The molecule has 0 saturated heterocycles. The van der Waals surface area contributed by atoms with Gasteiger partial charge in [0.25, 0.3) is 0 Å². The van der Waals surface area contributed by atoms with Gasteiger partial charge >= 0.3 is 5.97 Å². The lowest BCUT2D eigenvalue weighted by Crippen LogP contribution is -2.18. The molecule has 0 aliphatic rings. The summed E-state index contributed by atoms with van der Waals surface area (Å²) in [5, 5.41) is 0. The molecule has 0 aromatic heterocycles. The van der Waals surface area contributed by atoms with Crippen LogP contribution in [0.15, 0.2) is 23.8 Å². The highest BCUT2D eigenvalue weighted by Crippen LogP contribution is 2.18. The SMILES string of the molecule is CCOC(=O)C=C(C)C=CCC(C)CCC(OC)C(C)C. The van der Waals surface area contributed by atoms with Crippen molar-refractivity contribution in [1.29, 1.82) is 0 Å². The molecule has 0 bridgehead atoms. The fourth-order valence-corrected chi connectivity index (χ4v) is 2.19. The van der Waals surface area contributed by atoms with Gasteiger partial charge in [0.1, 0.15) is 0 Å². The number of esters is 1. The third kappa shape index (κ3) is 10.3. The Hall–Kier alpha value is -1.09. The van der Waals surface area contributed by atoms with E-state index < -0.39 is 0 Å². The zero-order chi connectivity index (χ0) is 16.3. The number of hydrogen-bond donors (Lipinski definition) is 0. The van der Waals surface area contributed by atoms with Crippen LogP contribution in [-0.2, 0) is 14.3 Å². The molecule has 0 aromatic carbocycles. The Morgan fingerprint density at radius 1 is 1.19 bits per heavy atom. The van der Waals surface area contributed by atoms with Crippen molar-refractivity contribution < 1.29 is 14.3 Å². The highest BCUT2D eigenvalue weighted by molar-refractivity contribution is 5.83. The van der Waals surface area contributed by atoms with E-state index in [1.54, 1.807) is 7.11 Å². The summed E-state index contributed by atoms with van der Waals surface area (Å²) >= 11 is 0. The van der Waals surface area contributed by atoms with E-state index in [2.05, 4.69) is 26.8 Å². The number of hydrogen-bond acceptors (Lipinski definition) is 3. The van der Waals surface area contributed by atoms with Gasteiger partial charge in [-0.3, -0.25) is 0 Å². The maximum Gasteiger partial charge on any atom is 0.330 e. The molecule has 0 aliphatic heterocycles. The van der Waals surface area contributed by atoms with Gasteiger partial charge in [0, 0.05) is 13.2 Å². The Balaban J connectivity index is 4.09. The van der Waals surface area contributed by atoms with E-state index >= 15 is 0 Å². The molecule has 2 unspecified atom stereocenters. The maximum absolute atomic E-state index is 11.3. The van der Waals surface area contributed by atoms with Gasteiger partial charge in [-0.1, -0.05) is 32.9 Å². The van der Waals surface area contributed by atoms with Gasteiger partial charge in [-0.05, 0) is 50.5 Å². The minimum absolute atomic E-state index is 0.271. The average molecular weight is 296 g/mol. The first-order chi connectivity index (χ1) is 9.90. The second-order valence-electron chi connectivity index (χ2n) is 5.98. The largest absolute Gasteiger partial charge is 0.463 e. The Bertz CT molecular complexity index is 342. The summed E-state index contributed by atoms with van der Waals surface area (Å²) in [6.07, 6.45) is 9.27. The first-order valence-corrected chi connectivity index (χ1v) is 7.95. The van der Waals surface area contributed by atoms with Crippen molar-refractivity contribution in [3.8, 4) is 0 Å². The van der Waals surface area contributed by atoms with Crippen LogP contribution in [0.5, 0.6) is 0 Å². The van der Waals surface area contributed by atoms with Crippen molar-refractivity contribution in [2.75, 3.05) is 13.7 Å². The van der Waals surface area contributed by atoms with Gasteiger partial charge in [0.2, 0.25) is 0 Å². The summed E-state index contributed by atoms with van der Waals surface area (Å²) in [5.41, 5.74) is 0.928. The van der Waals surface area contributed by atoms with Crippen molar-refractivity contribution in [2.45, 2.75) is 60.0 Å². The molecule has 2 atom stereocenters. The monoisotopic (exact) mass is 296 g/mol. The van der Waals surface area contributed by atoms with Gasteiger partial charge in [-0.25, -0.2) is 4.79 Å². The van der Waals surface area contributed by atoms with Crippen molar-refractivity contribution in [1.82, 2.24) is 0 Å². The Morgan fingerprint density at radius 2 is 1.86 bits per heavy atom. The van der Waals surface area contributed by atoms with Gasteiger partial charge in [-0.2, -0.15) is 0 Å². The Labute approximate surface area is 130 Å². The number of rotatable bonds is 10.